The summed E-state index contributed by atoms with van der Waals surface area (Å²) in [6.45, 7) is 5.98. The van der Waals surface area contributed by atoms with Crippen molar-refractivity contribution >= 4 is 61.3 Å². The van der Waals surface area contributed by atoms with Crippen LogP contribution in [0.5, 0.6) is 17.2 Å². The van der Waals surface area contributed by atoms with E-state index in [1.54, 1.807) is 22.9 Å². The van der Waals surface area contributed by atoms with Gasteiger partial charge in [0.2, 0.25) is 0 Å². The number of aromatic nitrogens is 1. The first kappa shape index (κ1) is 24.5. The fourth-order valence-electron chi connectivity index (χ4n) is 3.14. The van der Waals surface area contributed by atoms with Crippen LogP contribution in [0.3, 0.4) is 0 Å². The molecule has 0 aliphatic carbocycles. The van der Waals surface area contributed by atoms with Crippen molar-refractivity contribution in [1.82, 2.24) is 4.98 Å². The number of halogens is 2. The van der Waals surface area contributed by atoms with E-state index in [1.165, 1.54) is 0 Å². The summed E-state index contributed by atoms with van der Waals surface area (Å²) in [6, 6.07) is 7.36. The fraction of sp³-hybridized carbons (Fsp3) is 0.250. The van der Waals surface area contributed by atoms with E-state index in [0.29, 0.717) is 32.4 Å². The van der Waals surface area contributed by atoms with Gasteiger partial charge in [-0.05, 0) is 93.1 Å². The van der Waals surface area contributed by atoms with Gasteiger partial charge in [0.05, 0.1) is 20.1 Å². The molecular formula is C24H23Br2NO4S. The van der Waals surface area contributed by atoms with Crippen LogP contribution in [0.4, 0.5) is 0 Å². The van der Waals surface area contributed by atoms with Crippen LogP contribution in [0.2, 0.25) is 0 Å². The molecule has 2 aromatic carbocycles. The number of aromatic hydroxyl groups is 1. The van der Waals surface area contributed by atoms with Gasteiger partial charge in [0, 0.05) is 22.4 Å². The van der Waals surface area contributed by atoms with Gasteiger partial charge < -0.3 is 14.9 Å². The second-order valence-electron chi connectivity index (χ2n) is 7.62. The van der Waals surface area contributed by atoms with E-state index in [9.17, 15) is 9.90 Å². The number of hydrogen-bond acceptors (Lipinski definition) is 5. The minimum Gasteiger partial charge on any atom is -0.507 e. The van der Waals surface area contributed by atoms with Gasteiger partial charge in [-0.25, -0.2) is 4.98 Å². The zero-order valence-electron chi connectivity index (χ0n) is 17.9. The standard InChI is InChI=1S/C24H23Br2NO4S/c1-13(2)18-11-17(10-16(23(18)30)5-6-21-14(3)27-12-32-21)31-24-19(25)8-15(9-20(24)26)4-7-22(28)29/h5-6,8-13,30H,4,7H2,1-3H3,(H,28,29)/b6-5+. The predicted octanol–water partition coefficient (Wildman–Crippen LogP) is 7.79. The number of benzene rings is 2. The zero-order valence-corrected chi connectivity index (χ0v) is 21.8. The van der Waals surface area contributed by atoms with E-state index in [4.69, 9.17) is 9.84 Å². The Morgan fingerprint density at radius 1 is 1.19 bits per heavy atom. The van der Waals surface area contributed by atoms with E-state index >= 15 is 0 Å². The van der Waals surface area contributed by atoms with E-state index in [0.717, 1.165) is 21.7 Å². The highest BCUT2D eigenvalue weighted by Crippen LogP contribution is 2.41. The summed E-state index contributed by atoms with van der Waals surface area (Å²) < 4.78 is 7.63. The second kappa shape index (κ2) is 10.6. The maximum Gasteiger partial charge on any atom is 0.303 e. The lowest BCUT2D eigenvalue weighted by Crippen LogP contribution is -1.98. The Hall–Kier alpha value is -2.16. The first-order chi connectivity index (χ1) is 15.2. The number of hydrogen-bond donors (Lipinski definition) is 2. The number of nitrogens with zero attached hydrogens (tertiary/aromatic N) is 1. The summed E-state index contributed by atoms with van der Waals surface area (Å²) in [4.78, 5) is 16.2. The Morgan fingerprint density at radius 2 is 1.88 bits per heavy atom. The van der Waals surface area contributed by atoms with Crippen LogP contribution >= 0.6 is 43.2 Å². The fourth-order valence-corrected chi connectivity index (χ4v) is 5.27. The highest BCUT2D eigenvalue weighted by atomic mass is 79.9. The van der Waals surface area contributed by atoms with Gasteiger partial charge >= 0.3 is 5.97 Å². The molecular weight excluding hydrogens is 558 g/mol. The molecule has 0 spiro atoms. The predicted molar refractivity (Wildman–Crippen MR) is 136 cm³/mol. The lowest BCUT2D eigenvalue weighted by atomic mass is 9.98. The molecule has 1 heterocycles. The molecule has 0 amide bonds. The van der Waals surface area contributed by atoms with Gasteiger partial charge in [-0.1, -0.05) is 13.8 Å². The van der Waals surface area contributed by atoms with Crippen LogP contribution in [-0.4, -0.2) is 21.2 Å². The van der Waals surface area contributed by atoms with Crippen LogP contribution < -0.4 is 4.74 Å². The number of rotatable bonds is 8. The molecule has 168 valence electrons. The summed E-state index contributed by atoms with van der Waals surface area (Å²) in [5.74, 6) is 0.663. The van der Waals surface area contributed by atoms with E-state index in [1.807, 2.05) is 51.1 Å². The molecule has 32 heavy (non-hydrogen) atoms. The lowest BCUT2D eigenvalue weighted by Gasteiger charge is -2.16. The summed E-state index contributed by atoms with van der Waals surface area (Å²) in [5, 5.41) is 19.7. The Morgan fingerprint density at radius 3 is 2.44 bits per heavy atom. The highest BCUT2D eigenvalue weighted by Gasteiger charge is 2.16. The summed E-state index contributed by atoms with van der Waals surface area (Å²) in [6.07, 6.45) is 4.30. The maximum absolute atomic E-state index is 10.9. The smallest absolute Gasteiger partial charge is 0.303 e. The monoisotopic (exact) mass is 579 g/mol. The normalized spacial score (nSPS) is 11.4. The molecule has 0 bridgehead atoms. The van der Waals surface area contributed by atoms with Crippen LogP contribution in [-0.2, 0) is 11.2 Å². The molecule has 0 radical (unpaired) electrons. The molecule has 3 aromatic rings. The lowest BCUT2D eigenvalue weighted by molar-refractivity contribution is -0.136. The molecule has 0 aliphatic rings. The third-order valence-corrected chi connectivity index (χ3v) is 6.94. The molecule has 0 unspecified atom stereocenters. The first-order valence-electron chi connectivity index (χ1n) is 9.98. The van der Waals surface area contributed by atoms with Crippen molar-refractivity contribution in [2.75, 3.05) is 0 Å². The number of phenols is 1. The van der Waals surface area contributed by atoms with Crippen molar-refractivity contribution in [1.29, 1.82) is 0 Å². The van der Waals surface area contributed by atoms with Gasteiger partial charge in [-0.15, -0.1) is 11.3 Å². The number of carbonyl (C=O) groups is 1. The van der Waals surface area contributed by atoms with E-state index in [-0.39, 0.29) is 18.1 Å². The van der Waals surface area contributed by atoms with Crippen molar-refractivity contribution in [3.05, 3.63) is 66.0 Å². The summed E-state index contributed by atoms with van der Waals surface area (Å²) in [5.41, 5.74) is 5.06. The average Bonchev–Trinajstić information content (AvgIpc) is 3.13. The number of carboxylic acids is 1. The molecule has 0 aliphatic heterocycles. The van der Waals surface area contributed by atoms with Crippen LogP contribution in [0.1, 0.15) is 53.4 Å². The Bertz CT molecular complexity index is 1150. The van der Waals surface area contributed by atoms with Crippen LogP contribution in [0, 0.1) is 6.92 Å². The van der Waals surface area contributed by atoms with Gasteiger partial charge in [-0.3, -0.25) is 4.79 Å². The summed E-state index contributed by atoms with van der Waals surface area (Å²) >= 11 is 8.62. The molecule has 0 saturated heterocycles. The zero-order chi connectivity index (χ0) is 23.4. The Kier molecular flexibility index (Phi) is 8.14. The second-order valence-corrected chi connectivity index (χ2v) is 10.2. The summed E-state index contributed by atoms with van der Waals surface area (Å²) in [7, 11) is 0. The van der Waals surface area contributed by atoms with E-state index < -0.39 is 5.97 Å². The first-order valence-corrected chi connectivity index (χ1v) is 12.4. The van der Waals surface area contributed by atoms with Crippen molar-refractivity contribution in [2.24, 2.45) is 0 Å². The quantitative estimate of drug-likeness (QED) is 0.284. The molecule has 3 rings (SSSR count). The van der Waals surface area contributed by atoms with Gasteiger partial charge in [0.25, 0.3) is 0 Å². The number of phenolic OH excluding ortho intramolecular Hbond substituents is 1. The number of carboxylic acid groups (broad SMARTS) is 1. The topological polar surface area (TPSA) is 79.7 Å². The molecule has 8 heteroatoms. The third kappa shape index (κ3) is 5.99. The minimum absolute atomic E-state index is 0.0592. The maximum atomic E-state index is 10.9. The average molecular weight is 581 g/mol. The van der Waals surface area contributed by atoms with Crippen LogP contribution in [0.15, 0.2) is 38.7 Å². The largest absolute Gasteiger partial charge is 0.507 e. The van der Waals surface area contributed by atoms with E-state index in [2.05, 4.69) is 36.8 Å². The molecule has 1 aromatic heterocycles. The SMILES string of the molecule is Cc1ncsc1/C=C/c1cc(Oc2c(Br)cc(CCC(=O)O)cc2Br)cc(C(C)C)c1O. The number of thiazole rings is 1. The molecule has 5 nitrogen and oxygen atoms in total. The van der Waals surface area contributed by atoms with Crippen LogP contribution in [0.25, 0.3) is 12.2 Å². The van der Waals surface area contributed by atoms with Gasteiger partial charge in [0.1, 0.15) is 11.5 Å². The van der Waals surface area contributed by atoms with Crippen molar-refractivity contribution in [3.8, 4) is 17.2 Å². The van der Waals surface area contributed by atoms with Crippen molar-refractivity contribution in [2.45, 2.75) is 39.5 Å². The van der Waals surface area contributed by atoms with Gasteiger partial charge in [0.15, 0.2) is 5.75 Å². The van der Waals surface area contributed by atoms with Crippen molar-refractivity contribution < 1.29 is 19.7 Å². The van der Waals surface area contributed by atoms with Gasteiger partial charge in [-0.2, -0.15) is 0 Å². The van der Waals surface area contributed by atoms with Crippen molar-refractivity contribution in [3.63, 3.8) is 0 Å². The highest BCUT2D eigenvalue weighted by molar-refractivity contribution is 9.11. The minimum atomic E-state index is -0.836. The molecule has 0 fully saturated rings. The molecule has 0 saturated carbocycles. The Labute approximate surface area is 208 Å². The number of aryl methyl sites for hydroxylation is 2. The Balaban J connectivity index is 1.96. The molecule has 2 N–H and O–H groups in total. The molecule has 0 atom stereocenters. The number of aliphatic carboxylic acids is 1. The third-order valence-electron chi connectivity index (χ3n) is 4.87. The number of ether oxygens (including phenoxy) is 1.